The van der Waals surface area contributed by atoms with Crippen LogP contribution in [-0.4, -0.2) is 60.9 Å². The number of piperidine rings is 2. The zero-order valence-electron chi connectivity index (χ0n) is 24.0. The maximum atomic E-state index is 14.1. The van der Waals surface area contributed by atoms with Crippen molar-refractivity contribution < 1.29 is 19.5 Å². The molecule has 220 valence electrons. The highest BCUT2D eigenvalue weighted by Gasteiger charge is 2.45. The largest absolute Gasteiger partial charge is 0.478 e. The Hall–Kier alpha value is -3.27. The van der Waals surface area contributed by atoms with E-state index >= 15 is 0 Å². The van der Waals surface area contributed by atoms with Crippen molar-refractivity contribution >= 4 is 28.6 Å². The summed E-state index contributed by atoms with van der Waals surface area (Å²) in [6.07, 6.45) is 13.4. The SMILES string of the molecule is CC(C)(O/N=C(\C(N)=O)c1nc2ccccc2n(C2C[C@H]3CCC[C@@H](C2)N3C2CC3CCCC(C3)C2)c1=O)C(=O)O. The summed E-state index contributed by atoms with van der Waals surface area (Å²) in [4.78, 5) is 50.7. The number of aromatic nitrogens is 2. The number of para-hydroxylation sites is 2. The molecule has 41 heavy (non-hydrogen) atoms. The van der Waals surface area contributed by atoms with Crippen molar-refractivity contribution in [1.29, 1.82) is 0 Å². The van der Waals surface area contributed by atoms with E-state index in [0.29, 0.717) is 29.2 Å². The number of benzene rings is 1. The van der Waals surface area contributed by atoms with Gasteiger partial charge in [-0.05, 0) is 82.8 Å². The fraction of sp³-hybridized carbons (Fsp3) is 0.645. The van der Waals surface area contributed by atoms with E-state index in [2.05, 4.69) is 15.0 Å². The van der Waals surface area contributed by atoms with E-state index in [0.717, 1.165) is 37.5 Å². The van der Waals surface area contributed by atoms with E-state index < -0.39 is 28.7 Å². The van der Waals surface area contributed by atoms with Gasteiger partial charge in [0.05, 0.1) is 11.0 Å². The smallest absolute Gasteiger partial charge is 0.350 e. The van der Waals surface area contributed by atoms with Gasteiger partial charge in [0.25, 0.3) is 11.5 Å². The highest BCUT2D eigenvalue weighted by atomic mass is 16.7. The molecular weight excluding hydrogens is 522 g/mol. The second-order valence-electron chi connectivity index (χ2n) is 13.2. The number of primary amides is 1. The Labute approximate surface area is 239 Å². The molecule has 1 aromatic heterocycles. The number of hydrogen-bond acceptors (Lipinski definition) is 7. The van der Waals surface area contributed by atoms with Gasteiger partial charge in [-0.25, -0.2) is 9.78 Å². The fourth-order valence-electron chi connectivity index (χ4n) is 8.21. The molecular formula is C31H41N5O5. The topological polar surface area (TPSA) is 140 Å². The van der Waals surface area contributed by atoms with Crippen molar-refractivity contribution in [2.75, 3.05) is 0 Å². The van der Waals surface area contributed by atoms with Gasteiger partial charge in [0.2, 0.25) is 5.60 Å². The number of aliphatic carboxylic acids is 1. The van der Waals surface area contributed by atoms with E-state index in [1.165, 1.54) is 58.8 Å². The van der Waals surface area contributed by atoms with Gasteiger partial charge in [-0.1, -0.05) is 43.0 Å². The second-order valence-corrected chi connectivity index (χ2v) is 13.2. The molecule has 10 heteroatoms. The van der Waals surface area contributed by atoms with E-state index in [-0.39, 0.29) is 11.7 Å². The Bertz CT molecular complexity index is 1410. The van der Waals surface area contributed by atoms with Gasteiger partial charge < -0.3 is 20.2 Å². The minimum atomic E-state index is -1.72. The van der Waals surface area contributed by atoms with Crippen LogP contribution in [0.15, 0.2) is 34.2 Å². The number of carbonyl (C=O) groups is 2. The standard InChI is InChI=1S/C31H41N5O5/c1-31(2,30(39)40)41-34-26(28(32)37)27-29(38)36(25-12-4-3-11-24(25)33-27)23-16-20-9-6-10-21(17-23)35(20)22-14-18-7-5-8-19(13-18)15-22/h3-4,11-12,18-23H,5-10,13-17H2,1-2H3,(H2,32,37)(H,39,40)/b34-26-/t18?,19?,20-,21+,22?,23?. The number of carboxylic acid groups (broad SMARTS) is 1. The van der Waals surface area contributed by atoms with Crippen LogP contribution in [0.2, 0.25) is 0 Å². The average molecular weight is 564 g/mol. The van der Waals surface area contributed by atoms with Crippen LogP contribution < -0.4 is 11.3 Å². The maximum Gasteiger partial charge on any atom is 0.350 e. The molecule has 4 bridgehead atoms. The lowest BCUT2D eigenvalue weighted by Crippen LogP contribution is -2.58. The van der Waals surface area contributed by atoms with Crippen LogP contribution >= 0.6 is 0 Å². The minimum absolute atomic E-state index is 0.0608. The average Bonchev–Trinajstić information content (AvgIpc) is 2.92. The molecule has 2 aromatic rings. The Balaban J connectivity index is 1.37. The number of fused-ring (bicyclic) bond motifs is 5. The number of nitrogens with two attached hydrogens (primary N) is 1. The molecule has 4 aliphatic rings. The molecule has 2 saturated heterocycles. The zero-order valence-corrected chi connectivity index (χ0v) is 24.0. The number of carboxylic acids is 1. The summed E-state index contributed by atoms with van der Waals surface area (Å²) in [6.45, 7) is 2.60. The van der Waals surface area contributed by atoms with Crippen molar-refractivity contribution in [1.82, 2.24) is 14.5 Å². The molecule has 3 unspecified atom stereocenters. The second kappa shape index (κ2) is 10.9. The Morgan fingerprint density at radius 3 is 2.22 bits per heavy atom. The molecule has 0 spiro atoms. The van der Waals surface area contributed by atoms with Gasteiger partial charge in [-0.2, -0.15) is 0 Å². The highest BCUT2D eigenvalue weighted by Crippen LogP contribution is 2.47. The van der Waals surface area contributed by atoms with Crippen LogP contribution in [0.5, 0.6) is 0 Å². The zero-order chi connectivity index (χ0) is 28.9. The lowest BCUT2D eigenvalue weighted by molar-refractivity contribution is -0.161. The van der Waals surface area contributed by atoms with Crippen molar-refractivity contribution in [2.24, 2.45) is 22.7 Å². The number of rotatable bonds is 7. The van der Waals surface area contributed by atoms with Gasteiger partial charge in [-0.3, -0.25) is 14.5 Å². The minimum Gasteiger partial charge on any atom is -0.478 e. The van der Waals surface area contributed by atoms with Gasteiger partial charge in [-0.15, -0.1) is 0 Å². The van der Waals surface area contributed by atoms with Gasteiger partial charge in [0.1, 0.15) is 0 Å². The van der Waals surface area contributed by atoms with Gasteiger partial charge in [0, 0.05) is 24.2 Å². The third-order valence-electron chi connectivity index (χ3n) is 10.0. The van der Waals surface area contributed by atoms with Crippen LogP contribution in [0.25, 0.3) is 11.0 Å². The predicted molar refractivity (Wildman–Crippen MR) is 155 cm³/mol. The van der Waals surface area contributed by atoms with Gasteiger partial charge >= 0.3 is 5.97 Å². The van der Waals surface area contributed by atoms with Crippen LogP contribution in [0.4, 0.5) is 0 Å². The first-order chi connectivity index (χ1) is 19.6. The summed E-state index contributed by atoms with van der Waals surface area (Å²) in [5.74, 6) is -0.554. The van der Waals surface area contributed by atoms with Crippen molar-refractivity contribution in [3.8, 4) is 0 Å². The highest BCUT2D eigenvalue weighted by molar-refractivity contribution is 6.44. The van der Waals surface area contributed by atoms with E-state index in [9.17, 15) is 19.5 Å². The molecule has 5 atom stereocenters. The van der Waals surface area contributed by atoms with Crippen molar-refractivity contribution in [3.63, 3.8) is 0 Å². The number of nitrogens with zero attached hydrogens (tertiary/aromatic N) is 4. The molecule has 1 amide bonds. The first kappa shape index (κ1) is 27.9. The first-order valence-corrected chi connectivity index (χ1v) is 15.2. The molecule has 3 N–H and O–H groups in total. The number of hydrogen-bond donors (Lipinski definition) is 2. The van der Waals surface area contributed by atoms with Crippen LogP contribution in [-0.2, 0) is 14.4 Å². The Morgan fingerprint density at radius 1 is 0.951 bits per heavy atom. The molecule has 0 radical (unpaired) electrons. The lowest BCUT2D eigenvalue weighted by atomic mass is 9.68. The fourth-order valence-corrected chi connectivity index (χ4v) is 8.21. The first-order valence-electron chi connectivity index (χ1n) is 15.2. The van der Waals surface area contributed by atoms with E-state index in [1.807, 2.05) is 18.2 Å². The molecule has 2 aliphatic heterocycles. The lowest BCUT2D eigenvalue weighted by Gasteiger charge is -2.55. The Morgan fingerprint density at radius 2 is 1.59 bits per heavy atom. The van der Waals surface area contributed by atoms with Crippen LogP contribution in [0, 0.1) is 11.8 Å². The summed E-state index contributed by atoms with van der Waals surface area (Å²) >= 11 is 0. The Kier molecular flexibility index (Phi) is 7.38. The van der Waals surface area contributed by atoms with E-state index in [1.54, 1.807) is 10.6 Å². The summed E-state index contributed by atoms with van der Waals surface area (Å²) in [7, 11) is 0. The quantitative estimate of drug-likeness (QED) is 0.383. The summed E-state index contributed by atoms with van der Waals surface area (Å²) in [6, 6.07) is 8.82. The maximum absolute atomic E-state index is 14.1. The number of amides is 1. The van der Waals surface area contributed by atoms with Crippen LogP contribution in [0.3, 0.4) is 0 Å². The predicted octanol–water partition coefficient (Wildman–Crippen LogP) is 3.99. The summed E-state index contributed by atoms with van der Waals surface area (Å²) in [5.41, 5.74) is 4.01. The molecule has 2 saturated carbocycles. The molecule has 4 fully saturated rings. The summed E-state index contributed by atoms with van der Waals surface area (Å²) < 4.78 is 1.79. The van der Waals surface area contributed by atoms with Crippen LogP contribution in [0.1, 0.15) is 96.2 Å². The normalized spacial score (nSPS) is 30.6. The number of oxime groups is 1. The summed E-state index contributed by atoms with van der Waals surface area (Å²) in [5, 5.41) is 13.2. The molecule has 6 rings (SSSR count). The molecule has 2 aliphatic carbocycles. The third kappa shape index (κ3) is 5.27. The van der Waals surface area contributed by atoms with Gasteiger partial charge in [0.15, 0.2) is 11.4 Å². The monoisotopic (exact) mass is 563 g/mol. The number of carbonyl (C=O) groups excluding carboxylic acids is 1. The van der Waals surface area contributed by atoms with Crippen molar-refractivity contribution in [2.45, 2.75) is 114 Å². The van der Waals surface area contributed by atoms with E-state index in [4.69, 9.17) is 10.6 Å². The third-order valence-corrected chi connectivity index (χ3v) is 10.0. The molecule has 1 aromatic carbocycles. The molecule has 3 heterocycles. The van der Waals surface area contributed by atoms with Crippen molar-refractivity contribution in [3.05, 3.63) is 40.3 Å². The molecule has 10 nitrogen and oxygen atoms in total.